The Balaban J connectivity index is 1.72. The maximum Gasteiger partial charge on any atom is 0.273 e. The molecule has 0 aliphatic rings. The lowest BCUT2D eigenvalue weighted by Gasteiger charge is -2.31. The van der Waals surface area contributed by atoms with Crippen LogP contribution < -0.4 is 10.1 Å². The van der Waals surface area contributed by atoms with Crippen LogP contribution in [0.4, 0.5) is 0 Å². The molecule has 1 N–H and O–H groups in total. The van der Waals surface area contributed by atoms with Crippen molar-refractivity contribution in [1.82, 2.24) is 15.4 Å². The van der Waals surface area contributed by atoms with E-state index in [4.69, 9.17) is 9.26 Å². The van der Waals surface area contributed by atoms with E-state index in [2.05, 4.69) is 74.3 Å². The van der Waals surface area contributed by atoms with Crippen molar-refractivity contribution in [3.05, 3.63) is 71.4 Å². The van der Waals surface area contributed by atoms with Crippen LogP contribution in [0.1, 0.15) is 62.3 Å². The van der Waals surface area contributed by atoms with Gasteiger partial charge in [0.05, 0.1) is 13.2 Å². The van der Waals surface area contributed by atoms with Gasteiger partial charge in [0.15, 0.2) is 11.5 Å². The lowest BCUT2D eigenvalue weighted by atomic mass is 9.86. The summed E-state index contributed by atoms with van der Waals surface area (Å²) in [5, 5.41) is 7.03. The highest BCUT2D eigenvalue weighted by atomic mass is 16.5. The summed E-state index contributed by atoms with van der Waals surface area (Å²) in [4.78, 5) is 15.2. The Labute approximate surface area is 196 Å². The third kappa shape index (κ3) is 6.02. The largest absolute Gasteiger partial charge is 0.497 e. The highest BCUT2D eigenvalue weighted by Crippen LogP contribution is 2.27. The summed E-state index contributed by atoms with van der Waals surface area (Å²) in [7, 11) is 1.62. The molecule has 0 unspecified atom stereocenters. The lowest BCUT2D eigenvalue weighted by Crippen LogP contribution is -2.38. The number of hydrogen-bond acceptors (Lipinski definition) is 5. The van der Waals surface area contributed by atoms with Gasteiger partial charge in [-0.3, -0.25) is 9.69 Å². The first-order valence-corrected chi connectivity index (χ1v) is 11.5. The molecule has 1 amide bonds. The fourth-order valence-corrected chi connectivity index (χ4v) is 3.88. The van der Waals surface area contributed by atoms with Gasteiger partial charge in [-0.15, -0.1) is 0 Å². The second kappa shape index (κ2) is 10.7. The average molecular weight is 450 g/mol. The van der Waals surface area contributed by atoms with Gasteiger partial charge in [-0.05, 0) is 53.9 Å². The quantitative estimate of drug-likeness (QED) is 0.470. The van der Waals surface area contributed by atoms with Gasteiger partial charge in [0, 0.05) is 18.2 Å². The van der Waals surface area contributed by atoms with Gasteiger partial charge in [-0.25, -0.2) is 0 Å². The van der Waals surface area contributed by atoms with Crippen LogP contribution in [0, 0.1) is 0 Å². The first kappa shape index (κ1) is 24.5. The number of rotatable bonds is 9. The third-order valence-corrected chi connectivity index (χ3v) is 5.99. The first-order chi connectivity index (χ1) is 15.8. The Bertz CT molecular complexity index is 1030. The Morgan fingerprint density at radius 3 is 2.24 bits per heavy atom. The van der Waals surface area contributed by atoms with Crippen LogP contribution in [-0.4, -0.2) is 42.7 Å². The third-order valence-electron chi connectivity index (χ3n) is 5.99. The maximum atomic E-state index is 12.8. The molecule has 0 saturated heterocycles. The summed E-state index contributed by atoms with van der Waals surface area (Å²) in [5.74, 6) is 1.05. The van der Waals surface area contributed by atoms with Gasteiger partial charge in [0.25, 0.3) is 5.91 Å². The average Bonchev–Trinajstić information content (AvgIpc) is 3.32. The van der Waals surface area contributed by atoms with Crippen LogP contribution in [0.15, 0.2) is 59.1 Å². The van der Waals surface area contributed by atoms with Crippen LogP contribution in [0.3, 0.4) is 0 Å². The van der Waals surface area contributed by atoms with Crippen LogP contribution in [0.25, 0.3) is 11.3 Å². The molecular weight excluding hydrogens is 414 g/mol. The molecule has 0 aliphatic heterocycles. The number of amides is 1. The number of aromatic nitrogens is 1. The van der Waals surface area contributed by atoms with Crippen molar-refractivity contribution in [2.24, 2.45) is 0 Å². The minimum Gasteiger partial charge on any atom is -0.497 e. The predicted octanol–water partition coefficient (Wildman–Crippen LogP) is 5.46. The number of nitrogens with one attached hydrogen (secondary N) is 1. The Hall–Kier alpha value is -3.12. The highest BCUT2D eigenvalue weighted by Gasteiger charge is 2.22. The molecule has 2 aromatic carbocycles. The molecule has 6 heteroatoms. The molecule has 33 heavy (non-hydrogen) atoms. The smallest absolute Gasteiger partial charge is 0.273 e. The van der Waals surface area contributed by atoms with Crippen molar-refractivity contribution in [3.63, 3.8) is 0 Å². The van der Waals surface area contributed by atoms with E-state index in [1.54, 1.807) is 13.2 Å². The summed E-state index contributed by atoms with van der Waals surface area (Å²) in [6.07, 6.45) is 0. The second-order valence-electron chi connectivity index (χ2n) is 9.12. The minimum atomic E-state index is -0.248. The number of benzene rings is 2. The SMILES string of the molecule is CCN(CC)[C@H](CNC(=O)c1cc(-c2ccc(OC)cc2)on1)c1ccc(C(C)(C)C)cc1. The molecule has 0 spiro atoms. The fraction of sp³-hybridized carbons (Fsp3) is 0.407. The van der Waals surface area contributed by atoms with E-state index in [9.17, 15) is 4.79 Å². The molecule has 176 valence electrons. The Morgan fingerprint density at radius 2 is 1.70 bits per heavy atom. The van der Waals surface area contributed by atoms with Gasteiger partial charge >= 0.3 is 0 Å². The standard InChI is InChI=1S/C27H35N3O3/c1-7-30(8-2)24(19-9-13-21(14-10-19)27(3,4)5)18-28-26(31)23-17-25(33-29-23)20-11-15-22(32-6)16-12-20/h9-17,24H,7-8,18H2,1-6H3,(H,28,31)/t24-/m1/s1. The zero-order chi connectivity index (χ0) is 24.0. The molecule has 0 bridgehead atoms. The summed E-state index contributed by atoms with van der Waals surface area (Å²) in [5.41, 5.74) is 3.68. The van der Waals surface area contributed by atoms with Crippen molar-refractivity contribution >= 4 is 5.91 Å². The Kier molecular flexibility index (Phi) is 7.92. The fourth-order valence-electron chi connectivity index (χ4n) is 3.88. The number of ether oxygens (including phenoxy) is 1. The summed E-state index contributed by atoms with van der Waals surface area (Å²) in [6, 6.07) is 17.9. The molecule has 3 rings (SSSR count). The minimum absolute atomic E-state index is 0.0749. The van der Waals surface area contributed by atoms with Gasteiger partial charge in [0.1, 0.15) is 5.75 Å². The van der Waals surface area contributed by atoms with Gasteiger partial charge in [-0.2, -0.15) is 0 Å². The zero-order valence-electron chi connectivity index (χ0n) is 20.5. The van der Waals surface area contributed by atoms with Crippen LogP contribution in [-0.2, 0) is 5.41 Å². The summed E-state index contributed by atoms with van der Waals surface area (Å²) >= 11 is 0. The summed E-state index contributed by atoms with van der Waals surface area (Å²) < 4.78 is 10.6. The van der Waals surface area contributed by atoms with Crippen LogP contribution >= 0.6 is 0 Å². The van der Waals surface area contributed by atoms with Gasteiger partial charge < -0.3 is 14.6 Å². The van der Waals surface area contributed by atoms with Crippen molar-refractivity contribution in [3.8, 4) is 17.1 Å². The molecule has 0 aliphatic carbocycles. The summed E-state index contributed by atoms with van der Waals surface area (Å²) in [6.45, 7) is 13.2. The number of likely N-dealkylation sites (N-methyl/N-ethyl adjacent to an activating group) is 1. The number of carbonyl (C=O) groups is 1. The van der Waals surface area contributed by atoms with Crippen LogP contribution in [0.2, 0.25) is 0 Å². The normalized spacial score (nSPS) is 12.6. The van der Waals surface area contributed by atoms with Crippen molar-refractivity contribution in [1.29, 1.82) is 0 Å². The van der Waals surface area contributed by atoms with E-state index in [1.165, 1.54) is 11.1 Å². The molecule has 0 fully saturated rings. The maximum absolute atomic E-state index is 12.8. The molecule has 1 aromatic heterocycles. The second-order valence-corrected chi connectivity index (χ2v) is 9.12. The molecule has 1 heterocycles. The van der Waals surface area contributed by atoms with Crippen molar-refractivity contribution in [2.45, 2.75) is 46.1 Å². The lowest BCUT2D eigenvalue weighted by molar-refractivity contribution is 0.0926. The molecule has 1 atom stereocenters. The zero-order valence-corrected chi connectivity index (χ0v) is 20.5. The van der Waals surface area contributed by atoms with E-state index in [-0.39, 0.29) is 23.1 Å². The van der Waals surface area contributed by atoms with Crippen molar-refractivity contribution in [2.75, 3.05) is 26.7 Å². The topological polar surface area (TPSA) is 67.6 Å². The molecular formula is C27H35N3O3. The van der Waals surface area contributed by atoms with E-state index >= 15 is 0 Å². The molecule has 0 saturated carbocycles. The monoisotopic (exact) mass is 449 g/mol. The number of methoxy groups -OCH3 is 1. The van der Waals surface area contributed by atoms with Gasteiger partial charge in [0.2, 0.25) is 0 Å². The molecule has 3 aromatic rings. The molecule has 6 nitrogen and oxygen atoms in total. The van der Waals surface area contributed by atoms with E-state index in [0.717, 1.165) is 24.4 Å². The first-order valence-electron chi connectivity index (χ1n) is 11.5. The van der Waals surface area contributed by atoms with Gasteiger partial charge in [-0.1, -0.05) is 64.0 Å². The predicted molar refractivity (Wildman–Crippen MR) is 132 cm³/mol. The Morgan fingerprint density at radius 1 is 1.06 bits per heavy atom. The number of nitrogens with zero attached hydrogens (tertiary/aromatic N) is 2. The van der Waals surface area contributed by atoms with E-state index in [1.807, 2.05) is 24.3 Å². The number of carbonyl (C=O) groups excluding carboxylic acids is 1. The van der Waals surface area contributed by atoms with Crippen molar-refractivity contribution < 1.29 is 14.1 Å². The number of hydrogen-bond donors (Lipinski definition) is 1. The van der Waals surface area contributed by atoms with E-state index in [0.29, 0.717) is 12.3 Å². The van der Waals surface area contributed by atoms with E-state index < -0.39 is 0 Å². The highest BCUT2D eigenvalue weighted by molar-refractivity contribution is 5.93. The van der Waals surface area contributed by atoms with Crippen LogP contribution in [0.5, 0.6) is 5.75 Å². The molecule has 0 radical (unpaired) electrons.